The summed E-state index contributed by atoms with van der Waals surface area (Å²) >= 11 is 4.92. The van der Waals surface area contributed by atoms with Crippen LogP contribution in [-0.2, 0) is 4.79 Å². The van der Waals surface area contributed by atoms with Gasteiger partial charge in [0.2, 0.25) is 5.91 Å². The van der Waals surface area contributed by atoms with Crippen LogP contribution in [0.1, 0.15) is 18.7 Å². The molecule has 5 heteroatoms. The number of hydrogen-bond acceptors (Lipinski definition) is 3. The van der Waals surface area contributed by atoms with Crippen LogP contribution in [0.5, 0.6) is 0 Å². The monoisotopic (exact) mass is 317 g/mol. The van der Waals surface area contributed by atoms with E-state index in [4.69, 9.17) is 0 Å². The molecule has 1 unspecified atom stereocenters. The van der Waals surface area contributed by atoms with Crippen molar-refractivity contribution >= 4 is 39.2 Å². The minimum absolute atomic E-state index is 0.146. The van der Waals surface area contributed by atoms with E-state index in [0.29, 0.717) is 0 Å². The van der Waals surface area contributed by atoms with E-state index in [1.807, 2.05) is 26.0 Å². The van der Waals surface area contributed by atoms with Gasteiger partial charge in [-0.15, -0.1) is 11.3 Å². The summed E-state index contributed by atoms with van der Waals surface area (Å²) in [7, 11) is 0. The first-order chi connectivity index (χ1) is 7.99. The van der Waals surface area contributed by atoms with Crippen molar-refractivity contribution in [2.24, 2.45) is 5.92 Å². The quantitative estimate of drug-likeness (QED) is 0.820. The lowest BCUT2D eigenvalue weighted by atomic mass is 10.1. The lowest BCUT2D eigenvalue weighted by Crippen LogP contribution is -2.33. The lowest BCUT2D eigenvalue weighted by Gasteiger charge is -2.13. The standard InChI is InChI=1S/C12H16BrNO2S/c1-8(2)10(15)7-14-12(16)6-4-9-3-5-11(13)17-9/h3-6,8,10,15H,7H2,1-2H3,(H,14,16)/b6-4+. The third kappa shape index (κ3) is 5.48. The van der Waals surface area contributed by atoms with Gasteiger partial charge in [-0.25, -0.2) is 0 Å². The Bertz CT molecular complexity index is 401. The Labute approximate surface area is 114 Å². The molecule has 0 saturated heterocycles. The van der Waals surface area contributed by atoms with Crippen LogP contribution in [0.4, 0.5) is 0 Å². The second-order valence-corrected chi connectivity index (χ2v) is 6.53. The van der Waals surface area contributed by atoms with Gasteiger partial charge in [-0.3, -0.25) is 4.79 Å². The largest absolute Gasteiger partial charge is 0.391 e. The van der Waals surface area contributed by atoms with E-state index in [9.17, 15) is 9.90 Å². The van der Waals surface area contributed by atoms with Crippen molar-refractivity contribution in [3.8, 4) is 0 Å². The molecule has 0 aliphatic rings. The Kier molecular flexibility index (Phi) is 5.88. The second-order valence-electron chi connectivity index (χ2n) is 4.03. The number of hydrogen-bond donors (Lipinski definition) is 2. The number of carbonyl (C=O) groups is 1. The molecule has 0 bridgehead atoms. The molecule has 1 aromatic rings. The predicted octanol–water partition coefficient (Wildman–Crippen LogP) is 2.66. The van der Waals surface area contributed by atoms with Gasteiger partial charge in [0.25, 0.3) is 0 Å². The van der Waals surface area contributed by atoms with E-state index in [1.165, 1.54) is 6.08 Å². The van der Waals surface area contributed by atoms with Crippen LogP contribution >= 0.6 is 27.3 Å². The molecule has 0 aliphatic carbocycles. The summed E-state index contributed by atoms with van der Waals surface area (Å²) in [5, 5.41) is 12.2. The van der Waals surface area contributed by atoms with Gasteiger partial charge < -0.3 is 10.4 Å². The van der Waals surface area contributed by atoms with E-state index >= 15 is 0 Å². The minimum atomic E-state index is -0.497. The Morgan fingerprint density at radius 3 is 2.82 bits per heavy atom. The van der Waals surface area contributed by atoms with E-state index in [-0.39, 0.29) is 18.4 Å². The van der Waals surface area contributed by atoms with Crippen LogP contribution < -0.4 is 5.32 Å². The molecule has 0 saturated carbocycles. The fraction of sp³-hybridized carbons (Fsp3) is 0.417. The fourth-order valence-electron chi connectivity index (χ4n) is 1.08. The summed E-state index contributed by atoms with van der Waals surface area (Å²) in [6.45, 7) is 4.11. The smallest absolute Gasteiger partial charge is 0.244 e. The maximum Gasteiger partial charge on any atom is 0.244 e. The molecule has 2 N–H and O–H groups in total. The number of aliphatic hydroxyl groups is 1. The number of aliphatic hydroxyl groups excluding tert-OH is 1. The zero-order valence-corrected chi connectivity index (χ0v) is 12.2. The van der Waals surface area contributed by atoms with Crippen LogP contribution in [0.2, 0.25) is 0 Å². The number of amides is 1. The van der Waals surface area contributed by atoms with Crippen molar-refractivity contribution in [2.45, 2.75) is 20.0 Å². The first-order valence-electron chi connectivity index (χ1n) is 5.38. The number of carbonyl (C=O) groups excluding carboxylic acids is 1. The first kappa shape index (κ1) is 14.4. The summed E-state index contributed by atoms with van der Waals surface area (Å²) in [4.78, 5) is 12.4. The molecular weight excluding hydrogens is 302 g/mol. The molecule has 0 radical (unpaired) electrons. The van der Waals surface area contributed by atoms with Gasteiger partial charge in [-0.2, -0.15) is 0 Å². The summed E-state index contributed by atoms with van der Waals surface area (Å²) in [5.74, 6) is -0.0400. The molecule has 94 valence electrons. The van der Waals surface area contributed by atoms with Gasteiger partial charge in [0, 0.05) is 17.5 Å². The summed E-state index contributed by atoms with van der Waals surface area (Å²) in [6, 6.07) is 3.87. The molecule has 1 aromatic heterocycles. The number of nitrogens with one attached hydrogen (secondary N) is 1. The SMILES string of the molecule is CC(C)C(O)CNC(=O)/C=C/c1ccc(Br)s1. The number of halogens is 1. The van der Waals surface area contributed by atoms with Gasteiger partial charge in [0.1, 0.15) is 0 Å². The molecule has 17 heavy (non-hydrogen) atoms. The summed E-state index contributed by atoms with van der Waals surface area (Å²) < 4.78 is 1.03. The van der Waals surface area contributed by atoms with Gasteiger partial charge >= 0.3 is 0 Å². The second kappa shape index (κ2) is 6.93. The molecule has 0 aromatic carbocycles. The van der Waals surface area contributed by atoms with Gasteiger partial charge in [-0.05, 0) is 40.1 Å². The lowest BCUT2D eigenvalue weighted by molar-refractivity contribution is -0.117. The third-order valence-electron chi connectivity index (χ3n) is 2.25. The Morgan fingerprint density at radius 1 is 1.59 bits per heavy atom. The number of rotatable bonds is 5. The topological polar surface area (TPSA) is 49.3 Å². The number of thiophene rings is 1. The van der Waals surface area contributed by atoms with E-state index in [2.05, 4.69) is 21.2 Å². The van der Waals surface area contributed by atoms with Crippen molar-refractivity contribution in [2.75, 3.05) is 6.54 Å². The van der Waals surface area contributed by atoms with Crippen molar-refractivity contribution in [3.05, 3.63) is 26.9 Å². The molecule has 0 spiro atoms. The van der Waals surface area contributed by atoms with Crippen LogP contribution in [0.25, 0.3) is 6.08 Å². The minimum Gasteiger partial charge on any atom is -0.391 e. The highest BCUT2D eigenvalue weighted by Gasteiger charge is 2.09. The van der Waals surface area contributed by atoms with Crippen LogP contribution in [0.3, 0.4) is 0 Å². The average Bonchev–Trinajstić information content (AvgIpc) is 2.69. The Morgan fingerprint density at radius 2 is 2.29 bits per heavy atom. The van der Waals surface area contributed by atoms with Crippen LogP contribution in [-0.4, -0.2) is 23.7 Å². The van der Waals surface area contributed by atoms with Gasteiger partial charge in [0.05, 0.1) is 9.89 Å². The maximum atomic E-state index is 11.4. The molecule has 0 aliphatic heterocycles. The van der Waals surface area contributed by atoms with E-state index in [0.717, 1.165) is 8.66 Å². The van der Waals surface area contributed by atoms with Crippen LogP contribution in [0, 0.1) is 5.92 Å². The third-order valence-corrected chi connectivity index (χ3v) is 3.84. The first-order valence-corrected chi connectivity index (χ1v) is 6.99. The molecule has 3 nitrogen and oxygen atoms in total. The highest BCUT2D eigenvalue weighted by Crippen LogP contribution is 2.22. The predicted molar refractivity (Wildman–Crippen MR) is 74.9 cm³/mol. The molecule has 1 heterocycles. The van der Waals surface area contributed by atoms with Crippen molar-refractivity contribution < 1.29 is 9.90 Å². The molecule has 0 fully saturated rings. The van der Waals surface area contributed by atoms with Gasteiger partial charge in [0.15, 0.2) is 0 Å². The zero-order chi connectivity index (χ0) is 12.8. The summed E-state index contributed by atoms with van der Waals surface area (Å²) in [6.07, 6.45) is 2.74. The normalized spacial score (nSPS) is 13.2. The highest BCUT2D eigenvalue weighted by molar-refractivity contribution is 9.11. The summed E-state index contributed by atoms with van der Waals surface area (Å²) in [5.41, 5.74) is 0. The van der Waals surface area contributed by atoms with E-state index < -0.39 is 6.10 Å². The molecular formula is C12H16BrNO2S. The van der Waals surface area contributed by atoms with E-state index in [1.54, 1.807) is 17.4 Å². The Hall–Kier alpha value is -0.650. The van der Waals surface area contributed by atoms with Crippen LogP contribution in [0.15, 0.2) is 22.0 Å². The van der Waals surface area contributed by atoms with Crippen molar-refractivity contribution in [1.29, 1.82) is 0 Å². The average molecular weight is 318 g/mol. The van der Waals surface area contributed by atoms with Crippen molar-refractivity contribution in [1.82, 2.24) is 5.32 Å². The molecule has 1 amide bonds. The Balaban J connectivity index is 2.37. The van der Waals surface area contributed by atoms with Gasteiger partial charge in [-0.1, -0.05) is 13.8 Å². The molecule has 1 atom stereocenters. The molecule has 1 rings (SSSR count). The zero-order valence-electron chi connectivity index (χ0n) is 9.81. The fourth-order valence-corrected chi connectivity index (χ4v) is 2.40. The van der Waals surface area contributed by atoms with Crippen molar-refractivity contribution in [3.63, 3.8) is 0 Å². The maximum absolute atomic E-state index is 11.4. The highest BCUT2D eigenvalue weighted by atomic mass is 79.9.